The second kappa shape index (κ2) is 5.39. The molecular formula is C17H16N4O2. The fraction of sp³-hybridized carbons (Fsp3) is 0.235. The molecule has 0 aliphatic carbocycles. The normalized spacial score (nSPS) is 17.1. The van der Waals surface area contributed by atoms with Gasteiger partial charge < -0.3 is 9.64 Å². The molecule has 0 saturated carbocycles. The van der Waals surface area contributed by atoms with Crippen LogP contribution in [0.15, 0.2) is 48.9 Å². The van der Waals surface area contributed by atoms with Crippen LogP contribution in [0.2, 0.25) is 0 Å². The summed E-state index contributed by atoms with van der Waals surface area (Å²) in [6, 6.07) is 9.75. The molecule has 1 atom stereocenters. The first kappa shape index (κ1) is 13.8. The van der Waals surface area contributed by atoms with Crippen molar-refractivity contribution >= 4 is 11.7 Å². The van der Waals surface area contributed by atoms with Gasteiger partial charge in [-0.25, -0.2) is 9.97 Å². The Morgan fingerprint density at radius 3 is 3.00 bits per heavy atom. The lowest BCUT2D eigenvalue weighted by Crippen LogP contribution is -2.45. The molecule has 0 unspecified atom stereocenters. The topological polar surface area (TPSA) is 59.7 Å². The number of methoxy groups -OCH3 is 1. The molecule has 6 nitrogen and oxygen atoms in total. The largest absolute Gasteiger partial charge is 0.497 e. The quantitative estimate of drug-likeness (QED) is 0.745. The molecule has 4 rings (SSSR count). The summed E-state index contributed by atoms with van der Waals surface area (Å²) in [6.45, 7) is 0.738. The van der Waals surface area contributed by atoms with E-state index in [9.17, 15) is 4.79 Å². The number of carbonyl (C=O) groups is 1. The average molecular weight is 308 g/mol. The molecule has 23 heavy (non-hydrogen) atoms. The Hall–Kier alpha value is -2.89. The maximum absolute atomic E-state index is 12.7. The highest BCUT2D eigenvalue weighted by atomic mass is 16.5. The van der Waals surface area contributed by atoms with Crippen molar-refractivity contribution in [2.45, 2.75) is 12.5 Å². The molecule has 6 heteroatoms. The predicted molar refractivity (Wildman–Crippen MR) is 84.4 cm³/mol. The molecule has 1 saturated heterocycles. The van der Waals surface area contributed by atoms with Crippen molar-refractivity contribution in [3.8, 4) is 5.75 Å². The molecule has 0 N–H and O–H groups in total. The van der Waals surface area contributed by atoms with Gasteiger partial charge in [0.1, 0.15) is 11.4 Å². The number of nitrogens with zero attached hydrogens (tertiary/aromatic N) is 4. The molecule has 116 valence electrons. The lowest BCUT2D eigenvalue weighted by molar-refractivity contribution is 0.0454. The summed E-state index contributed by atoms with van der Waals surface area (Å²) in [5.74, 6) is 1.28. The second-order valence-corrected chi connectivity index (χ2v) is 5.53. The van der Waals surface area contributed by atoms with E-state index >= 15 is 0 Å². The van der Waals surface area contributed by atoms with Gasteiger partial charge in [0.25, 0.3) is 5.91 Å². The minimum Gasteiger partial charge on any atom is -0.497 e. The highest BCUT2D eigenvalue weighted by molar-refractivity contribution is 5.93. The van der Waals surface area contributed by atoms with Crippen molar-refractivity contribution in [2.75, 3.05) is 13.7 Å². The first-order chi connectivity index (χ1) is 11.3. The molecule has 1 aliphatic heterocycles. The molecule has 0 radical (unpaired) electrons. The summed E-state index contributed by atoms with van der Waals surface area (Å²) in [5, 5.41) is 0. The molecular weight excluding hydrogens is 292 g/mol. The zero-order chi connectivity index (χ0) is 15.8. The maximum Gasteiger partial charge on any atom is 0.274 e. The Kier molecular flexibility index (Phi) is 3.22. The van der Waals surface area contributed by atoms with Crippen LogP contribution in [0.5, 0.6) is 5.75 Å². The van der Waals surface area contributed by atoms with Crippen molar-refractivity contribution < 1.29 is 9.53 Å². The zero-order valence-electron chi connectivity index (χ0n) is 12.7. The lowest BCUT2D eigenvalue weighted by Gasteiger charge is -2.41. The van der Waals surface area contributed by atoms with Crippen LogP contribution >= 0.6 is 0 Å². The molecule has 3 aromatic rings. The summed E-state index contributed by atoms with van der Waals surface area (Å²) in [6.07, 6.45) is 6.18. The number of ether oxygens (including phenoxy) is 1. The van der Waals surface area contributed by atoms with Crippen LogP contribution in [0.25, 0.3) is 5.78 Å². The summed E-state index contributed by atoms with van der Waals surface area (Å²) < 4.78 is 7.02. The van der Waals surface area contributed by atoms with E-state index in [4.69, 9.17) is 4.74 Å². The van der Waals surface area contributed by atoms with Gasteiger partial charge >= 0.3 is 0 Å². The van der Waals surface area contributed by atoms with E-state index in [1.165, 1.54) is 0 Å². The van der Waals surface area contributed by atoms with Gasteiger partial charge in [0.05, 0.1) is 13.2 Å². The summed E-state index contributed by atoms with van der Waals surface area (Å²) in [4.78, 5) is 23.0. The SMILES string of the molecule is COc1cccc([C@H]2CCN2C(=O)c2cn3cccnc3n2)c1. The lowest BCUT2D eigenvalue weighted by atomic mass is 9.94. The number of likely N-dealkylation sites (tertiary alicyclic amines) is 1. The monoisotopic (exact) mass is 308 g/mol. The predicted octanol–water partition coefficient (Wildman–Crippen LogP) is 2.33. The van der Waals surface area contributed by atoms with Gasteiger partial charge in [-0.2, -0.15) is 0 Å². The standard InChI is InChI=1S/C17H16N4O2/c1-23-13-5-2-4-12(10-13)15-6-9-21(15)16(22)14-11-20-8-3-7-18-17(20)19-14/h2-5,7-8,10-11,15H,6,9H2,1H3/t15-/m1/s1. The van der Waals surface area contributed by atoms with Gasteiger partial charge in [-0.1, -0.05) is 12.1 Å². The van der Waals surface area contributed by atoms with Gasteiger partial charge in [0.15, 0.2) is 0 Å². The molecule has 2 aromatic heterocycles. The highest BCUT2D eigenvalue weighted by Gasteiger charge is 2.35. The smallest absolute Gasteiger partial charge is 0.274 e. The van der Waals surface area contributed by atoms with E-state index in [0.717, 1.165) is 24.3 Å². The first-order valence-electron chi connectivity index (χ1n) is 7.51. The molecule has 3 heterocycles. The van der Waals surface area contributed by atoms with Crippen LogP contribution in [-0.2, 0) is 0 Å². The minimum atomic E-state index is -0.0606. The fourth-order valence-corrected chi connectivity index (χ4v) is 2.91. The third-order valence-corrected chi connectivity index (χ3v) is 4.21. The molecule has 0 bridgehead atoms. The highest BCUT2D eigenvalue weighted by Crippen LogP contribution is 2.35. The van der Waals surface area contributed by atoms with Crippen molar-refractivity contribution in [1.29, 1.82) is 0 Å². The first-order valence-corrected chi connectivity index (χ1v) is 7.51. The zero-order valence-corrected chi connectivity index (χ0v) is 12.7. The van der Waals surface area contributed by atoms with Gasteiger partial charge in [0.2, 0.25) is 5.78 Å². The maximum atomic E-state index is 12.7. The average Bonchev–Trinajstić information content (AvgIpc) is 2.98. The Morgan fingerprint density at radius 1 is 1.35 bits per heavy atom. The number of aromatic nitrogens is 3. The summed E-state index contributed by atoms with van der Waals surface area (Å²) in [7, 11) is 1.65. The van der Waals surface area contributed by atoms with E-state index in [1.54, 1.807) is 23.9 Å². The molecule has 1 amide bonds. The van der Waals surface area contributed by atoms with Crippen LogP contribution in [0.3, 0.4) is 0 Å². The van der Waals surface area contributed by atoms with Crippen molar-refractivity contribution in [2.24, 2.45) is 0 Å². The van der Waals surface area contributed by atoms with E-state index in [1.807, 2.05) is 41.4 Å². The van der Waals surface area contributed by atoms with Crippen molar-refractivity contribution in [3.05, 3.63) is 60.2 Å². The molecule has 1 fully saturated rings. The molecule has 1 aromatic carbocycles. The van der Waals surface area contributed by atoms with Crippen LogP contribution in [0, 0.1) is 0 Å². The Morgan fingerprint density at radius 2 is 2.26 bits per heavy atom. The number of imidazole rings is 1. The number of carbonyl (C=O) groups excluding carboxylic acids is 1. The van der Waals surface area contributed by atoms with Gasteiger partial charge in [-0.15, -0.1) is 0 Å². The number of fused-ring (bicyclic) bond motifs is 1. The van der Waals surface area contributed by atoms with Crippen LogP contribution in [0.4, 0.5) is 0 Å². The third kappa shape index (κ3) is 2.32. The molecule has 0 spiro atoms. The Labute approximate surface area is 133 Å². The fourth-order valence-electron chi connectivity index (χ4n) is 2.91. The number of amides is 1. The van der Waals surface area contributed by atoms with Gasteiger partial charge in [0, 0.05) is 25.1 Å². The van der Waals surface area contributed by atoms with E-state index in [2.05, 4.69) is 9.97 Å². The van der Waals surface area contributed by atoms with Crippen molar-refractivity contribution in [3.63, 3.8) is 0 Å². The van der Waals surface area contributed by atoms with Crippen LogP contribution in [0.1, 0.15) is 28.5 Å². The van der Waals surface area contributed by atoms with Gasteiger partial charge in [-0.05, 0) is 30.2 Å². The molecule has 1 aliphatic rings. The third-order valence-electron chi connectivity index (χ3n) is 4.21. The minimum absolute atomic E-state index is 0.0606. The van der Waals surface area contributed by atoms with Crippen molar-refractivity contribution in [1.82, 2.24) is 19.3 Å². The number of hydrogen-bond acceptors (Lipinski definition) is 4. The Bertz CT molecular complexity index is 841. The number of rotatable bonds is 3. The van der Waals surface area contributed by atoms with E-state index in [-0.39, 0.29) is 11.9 Å². The Balaban J connectivity index is 1.60. The number of benzene rings is 1. The van der Waals surface area contributed by atoms with E-state index in [0.29, 0.717) is 11.5 Å². The van der Waals surface area contributed by atoms with Gasteiger partial charge in [-0.3, -0.25) is 9.20 Å². The summed E-state index contributed by atoms with van der Waals surface area (Å²) in [5.41, 5.74) is 1.52. The second-order valence-electron chi connectivity index (χ2n) is 5.53. The number of hydrogen-bond donors (Lipinski definition) is 0. The van der Waals surface area contributed by atoms with Crippen LogP contribution < -0.4 is 4.74 Å². The van der Waals surface area contributed by atoms with Crippen LogP contribution in [-0.4, -0.2) is 38.8 Å². The van der Waals surface area contributed by atoms with E-state index < -0.39 is 0 Å². The summed E-state index contributed by atoms with van der Waals surface area (Å²) >= 11 is 0.